The molecule has 1 aliphatic heterocycles. The van der Waals surface area contributed by atoms with Crippen molar-refractivity contribution in [2.75, 3.05) is 18.8 Å². The lowest BCUT2D eigenvalue weighted by Crippen LogP contribution is -2.50. The summed E-state index contributed by atoms with van der Waals surface area (Å²) in [4.78, 5) is 11.5. The molecule has 0 bridgehead atoms. The Morgan fingerprint density at radius 3 is 2.70 bits per heavy atom. The highest BCUT2D eigenvalue weighted by Crippen LogP contribution is 2.21. The molecule has 1 aromatic rings. The van der Waals surface area contributed by atoms with Gasteiger partial charge < -0.3 is 5.32 Å². The number of piperidine rings is 1. The molecule has 0 radical (unpaired) electrons. The van der Waals surface area contributed by atoms with E-state index in [0.717, 1.165) is 18.4 Å². The molecule has 2 atom stereocenters. The number of benzene rings is 1. The fraction of sp³-hybridized carbons (Fsp3) is 0.588. The highest BCUT2D eigenvalue weighted by atomic mass is 32.2. The molecule has 1 heterocycles. The van der Waals surface area contributed by atoms with Crippen molar-refractivity contribution in [1.82, 2.24) is 9.62 Å². The number of nitrogens with zero attached hydrogens (tertiary/aromatic N) is 1. The number of rotatable bonds is 6. The summed E-state index contributed by atoms with van der Waals surface area (Å²) in [5.41, 5.74) is 1.03. The molecule has 0 unspecified atom stereocenters. The molecule has 23 heavy (non-hydrogen) atoms. The number of sulfonamides is 1. The third-order valence-corrected chi connectivity index (χ3v) is 6.33. The predicted octanol–water partition coefficient (Wildman–Crippen LogP) is 2.11. The van der Waals surface area contributed by atoms with Crippen molar-refractivity contribution < 1.29 is 13.2 Å². The number of hydrogen-bond acceptors (Lipinski definition) is 3. The van der Waals surface area contributed by atoms with E-state index < -0.39 is 10.0 Å². The highest BCUT2D eigenvalue weighted by molar-refractivity contribution is 7.89. The van der Waals surface area contributed by atoms with E-state index in [0.29, 0.717) is 19.5 Å². The van der Waals surface area contributed by atoms with Gasteiger partial charge in [0.05, 0.1) is 5.75 Å². The average Bonchev–Trinajstić information content (AvgIpc) is 2.55. The van der Waals surface area contributed by atoms with E-state index in [1.165, 1.54) is 4.31 Å². The molecule has 128 valence electrons. The molecule has 1 saturated heterocycles. The van der Waals surface area contributed by atoms with Crippen LogP contribution in [0, 0.1) is 0 Å². The summed E-state index contributed by atoms with van der Waals surface area (Å²) >= 11 is 0. The first-order valence-corrected chi connectivity index (χ1v) is 9.85. The largest absolute Gasteiger partial charge is 0.352 e. The van der Waals surface area contributed by atoms with E-state index in [2.05, 4.69) is 5.32 Å². The Kier molecular flexibility index (Phi) is 6.18. The Hall–Kier alpha value is -1.40. The second-order valence-electron chi connectivity index (χ2n) is 6.21. The summed E-state index contributed by atoms with van der Waals surface area (Å²) in [5.74, 6) is 0.0320. The quantitative estimate of drug-likeness (QED) is 0.864. The maximum absolute atomic E-state index is 12.7. The molecule has 6 heteroatoms. The summed E-state index contributed by atoms with van der Waals surface area (Å²) < 4.78 is 26.9. The van der Waals surface area contributed by atoms with Crippen LogP contribution in [0.1, 0.15) is 44.6 Å². The molecule has 1 fully saturated rings. The molecule has 1 aliphatic rings. The molecule has 0 spiro atoms. The zero-order valence-electron chi connectivity index (χ0n) is 13.9. The number of nitrogens with one attached hydrogen (secondary N) is 1. The van der Waals surface area contributed by atoms with Gasteiger partial charge in [-0.2, -0.15) is 4.31 Å². The Labute approximate surface area is 139 Å². The summed E-state index contributed by atoms with van der Waals surface area (Å²) in [6, 6.07) is 9.63. The van der Waals surface area contributed by atoms with Crippen LogP contribution in [0.4, 0.5) is 0 Å². The van der Waals surface area contributed by atoms with Crippen LogP contribution in [0.2, 0.25) is 0 Å². The molecule has 1 aromatic carbocycles. The fourth-order valence-corrected chi connectivity index (χ4v) is 4.79. The lowest BCUT2D eigenvalue weighted by Gasteiger charge is -2.33. The molecule has 0 aromatic heterocycles. The molecule has 5 nitrogen and oxygen atoms in total. The topological polar surface area (TPSA) is 66.5 Å². The Morgan fingerprint density at radius 2 is 2.04 bits per heavy atom. The number of hydrogen-bond donors (Lipinski definition) is 1. The van der Waals surface area contributed by atoms with Crippen LogP contribution in [0.25, 0.3) is 0 Å². The minimum absolute atomic E-state index is 0.0214. The van der Waals surface area contributed by atoms with Gasteiger partial charge in [0.2, 0.25) is 15.9 Å². The summed E-state index contributed by atoms with van der Waals surface area (Å²) in [5, 5.41) is 2.91. The van der Waals surface area contributed by atoms with Crippen LogP contribution in [0.5, 0.6) is 0 Å². The molecule has 0 saturated carbocycles. The number of amides is 1. The third-order valence-electron chi connectivity index (χ3n) is 4.29. The number of carbonyl (C=O) groups is 1. The van der Waals surface area contributed by atoms with E-state index in [1.807, 2.05) is 37.3 Å². The summed E-state index contributed by atoms with van der Waals surface area (Å²) in [6.07, 6.45) is 2.05. The van der Waals surface area contributed by atoms with Gasteiger partial charge >= 0.3 is 0 Å². The van der Waals surface area contributed by atoms with Crippen LogP contribution < -0.4 is 5.32 Å². The van der Waals surface area contributed by atoms with Crippen molar-refractivity contribution in [1.29, 1.82) is 0 Å². The Balaban J connectivity index is 1.99. The average molecular weight is 338 g/mol. The zero-order chi connectivity index (χ0) is 16.9. The second-order valence-corrected chi connectivity index (χ2v) is 8.22. The van der Waals surface area contributed by atoms with E-state index >= 15 is 0 Å². The van der Waals surface area contributed by atoms with Gasteiger partial charge in [-0.15, -0.1) is 0 Å². The smallest absolute Gasteiger partial charge is 0.219 e. The molecular formula is C17H26N2O3S. The van der Waals surface area contributed by atoms with Gasteiger partial charge in [0.25, 0.3) is 0 Å². The Morgan fingerprint density at radius 1 is 1.35 bits per heavy atom. The fourth-order valence-electron chi connectivity index (χ4n) is 2.94. The first-order chi connectivity index (χ1) is 10.9. The van der Waals surface area contributed by atoms with E-state index in [-0.39, 0.29) is 23.6 Å². The van der Waals surface area contributed by atoms with Crippen LogP contribution in [0.15, 0.2) is 30.3 Å². The molecular weight excluding hydrogens is 312 g/mol. The van der Waals surface area contributed by atoms with Gasteiger partial charge in [0, 0.05) is 25.6 Å². The van der Waals surface area contributed by atoms with Crippen molar-refractivity contribution in [3.63, 3.8) is 0 Å². The predicted molar refractivity (Wildman–Crippen MR) is 91.7 cm³/mol. The van der Waals surface area contributed by atoms with Gasteiger partial charge in [-0.25, -0.2) is 8.42 Å². The molecule has 1 N–H and O–H groups in total. The minimum atomic E-state index is -3.32. The van der Waals surface area contributed by atoms with Crippen molar-refractivity contribution >= 4 is 15.9 Å². The van der Waals surface area contributed by atoms with Gasteiger partial charge in [0.15, 0.2) is 0 Å². The molecule has 0 aliphatic carbocycles. The Bertz CT molecular complexity index is 616. The highest BCUT2D eigenvalue weighted by Gasteiger charge is 2.30. The minimum Gasteiger partial charge on any atom is -0.352 e. The first-order valence-electron chi connectivity index (χ1n) is 8.24. The van der Waals surface area contributed by atoms with Crippen molar-refractivity contribution in [2.45, 2.75) is 45.1 Å². The third kappa shape index (κ3) is 5.04. The van der Waals surface area contributed by atoms with Crippen molar-refractivity contribution in [3.05, 3.63) is 35.9 Å². The summed E-state index contributed by atoms with van der Waals surface area (Å²) in [7, 11) is -3.32. The zero-order valence-corrected chi connectivity index (χ0v) is 14.7. The van der Waals surface area contributed by atoms with Crippen molar-refractivity contribution in [2.24, 2.45) is 0 Å². The molecule has 2 rings (SSSR count). The standard InChI is InChI=1S/C17H26N2O3S/c1-3-17(20)18-16-10-7-11-19(12-16)23(21,22)13-14(2)15-8-5-4-6-9-15/h4-6,8-9,14,16H,3,7,10-13H2,1-2H3,(H,18,20)/t14-,16+/m0/s1. The van der Waals surface area contributed by atoms with Gasteiger partial charge in [0.1, 0.15) is 0 Å². The summed E-state index contributed by atoms with van der Waals surface area (Å²) in [6.45, 7) is 4.67. The van der Waals surface area contributed by atoms with Gasteiger partial charge in [-0.05, 0) is 24.3 Å². The van der Waals surface area contributed by atoms with E-state index in [1.54, 1.807) is 6.92 Å². The monoisotopic (exact) mass is 338 g/mol. The van der Waals surface area contributed by atoms with Gasteiger partial charge in [-0.3, -0.25) is 4.79 Å². The second kappa shape index (κ2) is 7.93. The lowest BCUT2D eigenvalue weighted by atomic mass is 10.0. The normalized spacial score (nSPS) is 20.9. The van der Waals surface area contributed by atoms with Crippen LogP contribution in [-0.4, -0.2) is 43.5 Å². The first kappa shape index (κ1) is 17.9. The van der Waals surface area contributed by atoms with Gasteiger partial charge in [-0.1, -0.05) is 44.2 Å². The maximum atomic E-state index is 12.7. The van der Waals surface area contributed by atoms with E-state index in [4.69, 9.17) is 0 Å². The SMILES string of the molecule is CCC(=O)N[C@@H]1CCCN(S(=O)(=O)C[C@H](C)c2ccccc2)C1. The van der Waals surface area contributed by atoms with E-state index in [9.17, 15) is 13.2 Å². The molecule has 1 amide bonds. The van der Waals surface area contributed by atoms with Crippen LogP contribution >= 0.6 is 0 Å². The van der Waals surface area contributed by atoms with Crippen molar-refractivity contribution in [3.8, 4) is 0 Å². The lowest BCUT2D eigenvalue weighted by molar-refractivity contribution is -0.121. The maximum Gasteiger partial charge on any atom is 0.219 e. The number of carbonyl (C=O) groups excluding carboxylic acids is 1. The van der Waals surface area contributed by atoms with Crippen LogP contribution in [0.3, 0.4) is 0 Å². The van der Waals surface area contributed by atoms with Crippen LogP contribution in [-0.2, 0) is 14.8 Å².